The van der Waals surface area contributed by atoms with Gasteiger partial charge in [-0.3, -0.25) is 9.20 Å². The minimum absolute atomic E-state index is 0.116. The quantitative estimate of drug-likeness (QED) is 0.434. The Kier molecular flexibility index (Phi) is 4.81. The number of carbonyl (C=O) groups is 1. The number of benzene rings is 2. The van der Waals surface area contributed by atoms with E-state index in [0.717, 1.165) is 31.9 Å². The molecule has 0 aliphatic heterocycles. The van der Waals surface area contributed by atoms with Crippen molar-refractivity contribution in [3.05, 3.63) is 82.2 Å². The Bertz CT molecular complexity index is 1120. The molecule has 1 N–H and O–H groups in total. The summed E-state index contributed by atoms with van der Waals surface area (Å²) in [7, 11) is 1.64. The largest absolute Gasteiger partial charge is 0.497 e. The van der Waals surface area contributed by atoms with Crippen molar-refractivity contribution in [1.82, 2.24) is 9.38 Å². The highest BCUT2D eigenvalue weighted by Gasteiger charge is 2.10. The summed E-state index contributed by atoms with van der Waals surface area (Å²) in [6, 6.07) is 19.0. The number of nitrogens with zero attached hydrogens (tertiary/aromatic N) is 2. The van der Waals surface area contributed by atoms with Crippen LogP contribution >= 0.6 is 22.6 Å². The van der Waals surface area contributed by atoms with Crippen LogP contribution in [-0.4, -0.2) is 22.4 Å². The summed E-state index contributed by atoms with van der Waals surface area (Å²) >= 11 is 2.16. The molecular formula is C21H16IN3O2. The molecule has 2 aromatic heterocycles. The van der Waals surface area contributed by atoms with Crippen molar-refractivity contribution in [2.45, 2.75) is 0 Å². The molecule has 2 aromatic carbocycles. The van der Waals surface area contributed by atoms with Gasteiger partial charge in [-0.1, -0.05) is 24.3 Å². The number of fused-ring (bicyclic) bond motifs is 1. The van der Waals surface area contributed by atoms with Crippen LogP contribution in [-0.2, 0) is 0 Å². The van der Waals surface area contributed by atoms with E-state index in [9.17, 15) is 4.79 Å². The third-order valence-corrected chi connectivity index (χ3v) is 5.22. The molecule has 0 aliphatic carbocycles. The van der Waals surface area contributed by atoms with Crippen LogP contribution in [0.3, 0.4) is 0 Å². The van der Waals surface area contributed by atoms with Crippen LogP contribution in [0.2, 0.25) is 0 Å². The second-order valence-electron chi connectivity index (χ2n) is 5.95. The van der Waals surface area contributed by atoms with Crippen molar-refractivity contribution >= 4 is 39.8 Å². The molecule has 2 heterocycles. The van der Waals surface area contributed by atoms with Crippen molar-refractivity contribution in [3.63, 3.8) is 0 Å². The van der Waals surface area contributed by atoms with Gasteiger partial charge in [-0.2, -0.15) is 0 Å². The Balaban J connectivity index is 1.58. The van der Waals surface area contributed by atoms with Crippen LogP contribution in [0.15, 0.2) is 73.1 Å². The number of methoxy groups -OCH3 is 1. The average molecular weight is 469 g/mol. The van der Waals surface area contributed by atoms with Crippen LogP contribution in [0, 0.1) is 3.57 Å². The number of ether oxygens (including phenoxy) is 1. The summed E-state index contributed by atoms with van der Waals surface area (Å²) in [4.78, 5) is 16.9. The molecule has 6 heteroatoms. The molecule has 0 aliphatic rings. The molecule has 5 nitrogen and oxygen atoms in total. The van der Waals surface area contributed by atoms with E-state index in [-0.39, 0.29) is 5.91 Å². The Morgan fingerprint density at radius 1 is 1.11 bits per heavy atom. The van der Waals surface area contributed by atoms with Crippen LogP contribution < -0.4 is 10.1 Å². The minimum Gasteiger partial charge on any atom is -0.497 e. The zero-order chi connectivity index (χ0) is 18.8. The first-order chi connectivity index (χ1) is 13.2. The SMILES string of the molecule is COc1ccn2c(-c3ccc(NC(=O)c4ccccc4I)cc3)cnc2c1. The normalized spacial score (nSPS) is 10.7. The number of anilines is 1. The van der Waals surface area contributed by atoms with Gasteiger partial charge in [0, 0.05) is 27.1 Å². The van der Waals surface area contributed by atoms with E-state index in [0.29, 0.717) is 5.56 Å². The summed E-state index contributed by atoms with van der Waals surface area (Å²) in [6.07, 6.45) is 3.76. The number of imidazole rings is 1. The van der Waals surface area contributed by atoms with Crippen LogP contribution in [0.25, 0.3) is 16.9 Å². The molecule has 0 saturated carbocycles. The first-order valence-electron chi connectivity index (χ1n) is 8.33. The lowest BCUT2D eigenvalue weighted by Gasteiger charge is -2.08. The smallest absolute Gasteiger partial charge is 0.256 e. The number of rotatable bonds is 4. The van der Waals surface area contributed by atoms with Gasteiger partial charge in [0.1, 0.15) is 11.4 Å². The van der Waals surface area contributed by atoms with Gasteiger partial charge in [0.2, 0.25) is 0 Å². The molecular weight excluding hydrogens is 453 g/mol. The fourth-order valence-electron chi connectivity index (χ4n) is 2.87. The van der Waals surface area contributed by atoms with E-state index in [1.807, 2.05) is 77.5 Å². The van der Waals surface area contributed by atoms with E-state index in [1.54, 1.807) is 7.11 Å². The summed E-state index contributed by atoms with van der Waals surface area (Å²) in [5, 5.41) is 2.94. The van der Waals surface area contributed by atoms with Crippen molar-refractivity contribution in [3.8, 4) is 17.0 Å². The third-order valence-electron chi connectivity index (χ3n) is 4.28. The molecule has 27 heavy (non-hydrogen) atoms. The highest BCUT2D eigenvalue weighted by atomic mass is 127. The van der Waals surface area contributed by atoms with Gasteiger partial charge in [-0.05, 0) is 52.9 Å². The molecule has 0 unspecified atom stereocenters. The van der Waals surface area contributed by atoms with Crippen molar-refractivity contribution in [1.29, 1.82) is 0 Å². The Hall–Kier alpha value is -2.87. The molecule has 0 radical (unpaired) electrons. The number of amides is 1. The molecule has 0 saturated heterocycles. The lowest BCUT2D eigenvalue weighted by molar-refractivity contribution is 0.102. The van der Waals surface area contributed by atoms with E-state index in [2.05, 4.69) is 32.9 Å². The number of hydrogen-bond acceptors (Lipinski definition) is 3. The minimum atomic E-state index is -0.116. The third kappa shape index (κ3) is 3.52. The number of aromatic nitrogens is 2. The summed E-state index contributed by atoms with van der Waals surface area (Å²) in [6.45, 7) is 0. The number of nitrogens with one attached hydrogen (secondary N) is 1. The van der Waals surface area contributed by atoms with Gasteiger partial charge >= 0.3 is 0 Å². The van der Waals surface area contributed by atoms with Gasteiger partial charge in [0.05, 0.1) is 24.6 Å². The Labute approximate surface area is 170 Å². The summed E-state index contributed by atoms with van der Waals surface area (Å²) in [5.74, 6) is 0.655. The van der Waals surface area contributed by atoms with Crippen molar-refractivity contribution in [2.24, 2.45) is 0 Å². The molecule has 0 spiro atoms. The maximum atomic E-state index is 12.4. The predicted octanol–water partition coefficient (Wildman–Crippen LogP) is 4.87. The van der Waals surface area contributed by atoms with Gasteiger partial charge in [0.25, 0.3) is 5.91 Å². The number of hydrogen-bond donors (Lipinski definition) is 1. The van der Waals surface area contributed by atoms with Gasteiger partial charge < -0.3 is 10.1 Å². The van der Waals surface area contributed by atoms with Crippen LogP contribution in [0.4, 0.5) is 5.69 Å². The van der Waals surface area contributed by atoms with Crippen molar-refractivity contribution < 1.29 is 9.53 Å². The second-order valence-corrected chi connectivity index (χ2v) is 7.11. The van der Waals surface area contributed by atoms with E-state index < -0.39 is 0 Å². The molecule has 134 valence electrons. The highest BCUT2D eigenvalue weighted by molar-refractivity contribution is 14.1. The van der Waals surface area contributed by atoms with Crippen molar-refractivity contribution in [2.75, 3.05) is 12.4 Å². The monoisotopic (exact) mass is 469 g/mol. The topological polar surface area (TPSA) is 55.6 Å². The molecule has 1 amide bonds. The molecule has 4 rings (SSSR count). The lowest BCUT2D eigenvalue weighted by Crippen LogP contribution is -2.13. The maximum Gasteiger partial charge on any atom is 0.256 e. The van der Waals surface area contributed by atoms with E-state index in [4.69, 9.17) is 4.74 Å². The molecule has 0 bridgehead atoms. The van der Waals surface area contributed by atoms with Gasteiger partial charge in [0.15, 0.2) is 0 Å². The fraction of sp³-hybridized carbons (Fsp3) is 0.0476. The first-order valence-corrected chi connectivity index (χ1v) is 9.41. The lowest BCUT2D eigenvalue weighted by atomic mass is 10.1. The number of pyridine rings is 1. The zero-order valence-electron chi connectivity index (χ0n) is 14.5. The maximum absolute atomic E-state index is 12.4. The number of carbonyl (C=O) groups excluding carboxylic acids is 1. The fourth-order valence-corrected chi connectivity index (χ4v) is 3.50. The van der Waals surface area contributed by atoms with Gasteiger partial charge in [-0.15, -0.1) is 0 Å². The molecule has 0 atom stereocenters. The van der Waals surface area contributed by atoms with Gasteiger partial charge in [-0.25, -0.2) is 4.98 Å². The molecule has 4 aromatic rings. The predicted molar refractivity (Wildman–Crippen MR) is 114 cm³/mol. The number of halogens is 1. The highest BCUT2D eigenvalue weighted by Crippen LogP contribution is 2.25. The summed E-state index contributed by atoms with van der Waals surface area (Å²) in [5.41, 5.74) is 4.22. The zero-order valence-corrected chi connectivity index (χ0v) is 16.7. The second kappa shape index (κ2) is 7.40. The average Bonchev–Trinajstić information content (AvgIpc) is 3.12. The van der Waals surface area contributed by atoms with Crippen LogP contribution in [0.5, 0.6) is 5.75 Å². The van der Waals surface area contributed by atoms with Crippen LogP contribution in [0.1, 0.15) is 10.4 Å². The Morgan fingerprint density at radius 3 is 2.63 bits per heavy atom. The summed E-state index contributed by atoms with van der Waals surface area (Å²) < 4.78 is 8.16. The standard InChI is InChI=1S/C21H16IN3O2/c1-27-16-10-11-25-19(13-23-20(25)12-16)14-6-8-15(9-7-14)24-21(26)17-4-2-3-5-18(17)22/h2-13H,1H3,(H,24,26). The Morgan fingerprint density at radius 2 is 1.89 bits per heavy atom. The van der Waals surface area contributed by atoms with E-state index >= 15 is 0 Å². The molecule has 0 fully saturated rings. The van der Waals surface area contributed by atoms with E-state index in [1.165, 1.54) is 0 Å². The first kappa shape index (κ1) is 17.5.